The van der Waals surface area contributed by atoms with Gasteiger partial charge in [0.2, 0.25) is 0 Å². The van der Waals surface area contributed by atoms with E-state index in [9.17, 15) is 13.2 Å². The summed E-state index contributed by atoms with van der Waals surface area (Å²) in [7, 11) is -3.92. The number of benzene rings is 1. The summed E-state index contributed by atoms with van der Waals surface area (Å²) < 4.78 is 32.1. The summed E-state index contributed by atoms with van der Waals surface area (Å²) in [5, 5.41) is 9.14. The Bertz CT molecular complexity index is 717. The van der Waals surface area contributed by atoms with Crippen molar-refractivity contribution in [1.29, 1.82) is 0 Å². The van der Waals surface area contributed by atoms with Gasteiger partial charge in [-0.2, -0.15) is 0 Å². The van der Waals surface area contributed by atoms with Crippen molar-refractivity contribution in [3.05, 3.63) is 29.3 Å². The summed E-state index contributed by atoms with van der Waals surface area (Å²) in [5.74, 6) is -1.20. The van der Waals surface area contributed by atoms with E-state index in [0.29, 0.717) is 18.8 Å². The summed E-state index contributed by atoms with van der Waals surface area (Å²) in [5.41, 5.74) is 0.516. The first-order valence-electron chi connectivity index (χ1n) is 7.45. The number of sulfonamides is 1. The Balaban J connectivity index is 2.01. The Morgan fingerprint density at radius 3 is 2.70 bits per heavy atom. The molecule has 0 aromatic heterocycles. The highest BCUT2D eigenvalue weighted by molar-refractivity contribution is 7.89. The zero-order chi connectivity index (χ0) is 16.8. The third kappa shape index (κ3) is 2.87. The molecule has 1 N–H and O–H groups in total. The van der Waals surface area contributed by atoms with Crippen molar-refractivity contribution in [3.63, 3.8) is 0 Å². The first kappa shape index (κ1) is 16.4. The summed E-state index contributed by atoms with van der Waals surface area (Å²) in [6.07, 6.45) is -0.255. The second-order valence-electron chi connectivity index (χ2n) is 6.14. The fraction of sp³-hybridized carbons (Fsp3) is 0.533. The van der Waals surface area contributed by atoms with E-state index in [4.69, 9.17) is 14.7 Å². The smallest absolute Gasteiger partial charge is 0.335 e. The van der Waals surface area contributed by atoms with E-state index in [2.05, 4.69) is 0 Å². The van der Waals surface area contributed by atoms with Gasteiger partial charge < -0.3 is 9.84 Å². The lowest BCUT2D eigenvalue weighted by Gasteiger charge is -2.20. The largest absolute Gasteiger partial charge is 0.478 e. The number of carboxylic acid groups (broad SMARTS) is 1. The minimum absolute atomic E-state index is 0.00621. The van der Waals surface area contributed by atoms with E-state index in [-0.39, 0.29) is 34.9 Å². The molecule has 2 atom stereocenters. The molecule has 0 saturated carbocycles. The van der Waals surface area contributed by atoms with Crippen LogP contribution in [0.25, 0.3) is 0 Å². The lowest BCUT2D eigenvalue weighted by molar-refractivity contribution is -0.0866. The highest BCUT2D eigenvalue weighted by atomic mass is 32.2. The number of carbonyl (C=O) groups is 1. The second-order valence-corrected chi connectivity index (χ2v) is 7.94. The molecule has 2 aliphatic heterocycles. The van der Waals surface area contributed by atoms with Gasteiger partial charge in [0, 0.05) is 12.5 Å². The molecule has 0 spiro atoms. The average molecular weight is 341 g/mol. The van der Waals surface area contributed by atoms with Gasteiger partial charge in [0.1, 0.15) is 6.10 Å². The average Bonchev–Trinajstić information content (AvgIpc) is 3.07. The van der Waals surface area contributed by atoms with Crippen molar-refractivity contribution < 1.29 is 27.9 Å². The molecule has 8 heteroatoms. The zero-order valence-corrected chi connectivity index (χ0v) is 13.7. The first-order valence-corrected chi connectivity index (χ1v) is 8.89. The Morgan fingerprint density at radius 2 is 2.09 bits per heavy atom. The molecule has 0 radical (unpaired) electrons. The van der Waals surface area contributed by atoms with Gasteiger partial charge in [0.25, 0.3) is 10.0 Å². The number of nitrogens with zero attached hydrogens (tertiary/aromatic N) is 1. The number of carboxylic acids is 1. The minimum Gasteiger partial charge on any atom is -0.478 e. The molecule has 2 saturated heterocycles. The van der Waals surface area contributed by atoms with E-state index >= 15 is 0 Å². The molecular formula is C15H19NO6S. The lowest BCUT2D eigenvalue weighted by atomic mass is 10.0. The number of ether oxygens (including phenoxy) is 1. The molecule has 0 aliphatic carbocycles. The fourth-order valence-electron chi connectivity index (χ4n) is 2.88. The van der Waals surface area contributed by atoms with E-state index in [1.165, 1.54) is 12.1 Å². The van der Waals surface area contributed by atoms with Crippen LogP contribution < -0.4 is 0 Å². The standard InChI is InChI=1S/C15H19NO6S/c1-9(2)12-4-3-10(15(17)18)5-14(12)23(19,20)16-6-11-7-21-8-13(11)22-16/h3-5,9,11,13H,6-8H2,1-2H3,(H,17,18)/t11-,13+/m1/s1. The minimum atomic E-state index is -3.92. The number of hydroxylamine groups is 1. The highest BCUT2D eigenvalue weighted by Crippen LogP contribution is 2.34. The van der Waals surface area contributed by atoms with Crippen molar-refractivity contribution in [2.45, 2.75) is 30.8 Å². The third-order valence-electron chi connectivity index (χ3n) is 4.20. The van der Waals surface area contributed by atoms with E-state index in [1.54, 1.807) is 6.07 Å². The van der Waals surface area contributed by atoms with Crippen LogP contribution in [-0.4, -0.2) is 49.8 Å². The molecule has 3 rings (SSSR count). The van der Waals surface area contributed by atoms with Gasteiger partial charge >= 0.3 is 5.97 Å². The topological polar surface area (TPSA) is 93.1 Å². The summed E-state index contributed by atoms with van der Waals surface area (Å²) >= 11 is 0. The molecule has 23 heavy (non-hydrogen) atoms. The molecule has 2 heterocycles. The predicted molar refractivity (Wildman–Crippen MR) is 80.6 cm³/mol. The van der Waals surface area contributed by atoms with E-state index in [1.807, 2.05) is 13.8 Å². The monoisotopic (exact) mass is 341 g/mol. The van der Waals surface area contributed by atoms with Crippen molar-refractivity contribution >= 4 is 16.0 Å². The molecule has 0 amide bonds. The maximum Gasteiger partial charge on any atom is 0.335 e. The van der Waals surface area contributed by atoms with E-state index < -0.39 is 16.0 Å². The van der Waals surface area contributed by atoms with Gasteiger partial charge in [-0.25, -0.2) is 13.2 Å². The number of fused-ring (bicyclic) bond motifs is 1. The van der Waals surface area contributed by atoms with Crippen molar-refractivity contribution in [1.82, 2.24) is 4.47 Å². The van der Waals surface area contributed by atoms with Gasteiger partial charge in [0.15, 0.2) is 0 Å². The van der Waals surface area contributed by atoms with Gasteiger partial charge in [-0.3, -0.25) is 4.84 Å². The Hall–Kier alpha value is -1.48. The Labute approximate surface area is 134 Å². The predicted octanol–water partition coefficient (Wildman–Crippen LogP) is 1.46. The van der Waals surface area contributed by atoms with Crippen LogP contribution in [0.5, 0.6) is 0 Å². The van der Waals surface area contributed by atoms with Gasteiger partial charge in [0.05, 0.1) is 23.7 Å². The third-order valence-corrected chi connectivity index (χ3v) is 5.89. The maximum absolute atomic E-state index is 12.9. The van der Waals surface area contributed by atoms with Crippen LogP contribution in [-0.2, 0) is 19.6 Å². The van der Waals surface area contributed by atoms with Gasteiger partial charge in [-0.1, -0.05) is 24.4 Å². The zero-order valence-electron chi connectivity index (χ0n) is 12.9. The number of hydrogen-bond donors (Lipinski definition) is 1. The van der Waals surface area contributed by atoms with Crippen LogP contribution >= 0.6 is 0 Å². The van der Waals surface area contributed by atoms with Crippen LogP contribution in [0.15, 0.2) is 23.1 Å². The molecule has 1 aromatic rings. The summed E-state index contributed by atoms with van der Waals surface area (Å²) in [6, 6.07) is 4.19. The van der Waals surface area contributed by atoms with E-state index in [0.717, 1.165) is 4.47 Å². The molecule has 0 bridgehead atoms. The van der Waals surface area contributed by atoms with Gasteiger partial charge in [-0.15, -0.1) is 0 Å². The van der Waals surface area contributed by atoms with Crippen LogP contribution in [0.4, 0.5) is 0 Å². The molecule has 1 aromatic carbocycles. The van der Waals surface area contributed by atoms with Crippen LogP contribution in [0.3, 0.4) is 0 Å². The van der Waals surface area contributed by atoms with Crippen molar-refractivity contribution in [2.24, 2.45) is 5.92 Å². The number of aromatic carboxylic acids is 1. The van der Waals surface area contributed by atoms with Crippen molar-refractivity contribution in [2.75, 3.05) is 19.8 Å². The SMILES string of the molecule is CC(C)c1ccc(C(=O)O)cc1S(=O)(=O)N1C[C@@H]2COC[C@@H]2O1. The molecule has 2 fully saturated rings. The lowest BCUT2D eigenvalue weighted by Crippen LogP contribution is -2.30. The normalized spacial score (nSPS) is 25.0. The molecule has 2 aliphatic rings. The fourth-order valence-corrected chi connectivity index (χ4v) is 4.59. The van der Waals surface area contributed by atoms with Crippen molar-refractivity contribution in [3.8, 4) is 0 Å². The van der Waals surface area contributed by atoms with Crippen LogP contribution in [0.1, 0.15) is 35.7 Å². The quantitative estimate of drug-likeness (QED) is 0.891. The number of rotatable bonds is 4. The Kier molecular flexibility index (Phi) is 4.18. The molecule has 126 valence electrons. The summed E-state index contributed by atoms with van der Waals surface area (Å²) in [4.78, 5) is 16.7. The molecular weight excluding hydrogens is 322 g/mol. The first-order chi connectivity index (χ1) is 10.8. The van der Waals surface area contributed by atoms with Gasteiger partial charge in [-0.05, 0) is 23.6 Å². The molecule has 7 nitrogen and oxygen atoms in total. The highest BCUT2D eigenvalue weighted by Gasteiger charge is 2.44. The summed E-state index contributed by atoms with van der Waals surface area (Å²) in [6.45, 7) is 4.80. The Morgan fingerprint density at radius 1 is 1.35 bits per heavy atom. The van der Waals surface area contributed by atoms with Crippen LogP contribution in [0.2, 0.25) is 0 Å². The number of hydrogen-bond acceptors (Lipinski definition) is 5. The maximum atomic E-state index is 12.9. The molecule has 0 unspecified atom stereocenters. The van der Waals surface area contributed by atoms with Crippen LogP contribution in [0, 0.1) is 5.92 Å². The second kappa shape index (κ2) is 5.86.